The maximum atomic E-state index is 13.3. The highest BCUT2D eigenvalue weighted by Crippen LogP contribution is 2.31. The van der Waals surface area contributed by atoms with Crippen LogP contribution in [0.1, 0.15) is 24.8 Å². The lowest BCUT2D eigenvalue weighted by Crippen LogP contribution is -2.07. The zero-order valence-corrected chi connectivity index (χ0v) is 8.89. The molecule has 0 radical (unpaired) electrons. The fourth-order valence-electron chi connectivity index (χ4n) is 1.55. The van der Waals surface area contributed by atoms with Crippen molar-refractivity contribution in [3.63, 3.8) is 0 Å². The molecule has 0 aliphatic carbocycles. The van der Waals surface area contributed by atoms with Crippen molar-refractivity contribution in [3.05, 3.63) is 29.3 Å². The zero-order chi connectivity index (χ0) is 11.4. The third-order valence-corrected chi connectivity index (χ3v) is 2.42. The van der Waals surface area contributed by atoms with Crippen molar-refractivity contribution in [3.8, 4) is 5.75 Å². The number of hydrogen-bond acceptors (Lipinski definition) is 2. The van der Waals surface area contributed by atoms with E-state index in [1.807, 2.05) is 6.92 Å². The summed E-state index contributed by atoms with van der Waals surface area (Å²) in [6.07, 6.45) is 0.710. The normalized spacial score (nSPS) is 12.6. The highest BCUT2D eigenvalue weighted by atomic mass is 19.2. The molecule has 0 aliphatic heterocycles. The van der Waals surface area contributed by atoms with Crippen LogP contribution in [-0.4, -0.2) is 13.7 Å². The molecule has 2 N–H and O–H groups in total. The van der Waals surface area contributed by atoms with Gasteiger partial charge in [0.05, 0.1) is 7.11 Å². The lowest BCUT2D eigenvalue weighted by molar-refractivity contribution is 0.363. The van der Waals surface area contributed by atoms with Crippen molar-refractivity contribution in [1.82, 2.24) is 0 Å². The number of hydrogen-bond donors (Lipinski definition) is 1. The number of benzene rings is 1. The summed E-state index contributed by atoms with van der Waals surface area (Å²) in [5.74, 6) is -1.79. The molecule has 1 unspecified atom stereocenters. The summed E-state index contributed by atoms with van der Waals surface area (Å²) in [6.45, 7) is 2.41. The number of halogens is 2. The van der Waals surface area contributed by atoms with E-state index in [-0.39, 0.29) is 11.7 Å². The van der Waals surface area contributed by atoms with E-state index in [1.165, 1.54) is 13.2 Å². The van der Waals surface area contributed by atoms with E-state index in [0.29, 0.717) is 18.5 Å². The van der Waals surface area contributed by atoms with Gasteiger partial charge in [-0.15, -0.1) is 0 Å². The molecule has 0 saturated carbocycles. The lowest BCUT2D eigenvalue weighted by atomic mass is 9.96. The molecule has 1 aromatic carbocycles. The molecule has 0 fully saturated rings. The second kappa shape index (κ2) is 5.07. The van der Waals surface area contributed by atoms with Crippen molar-refractivity contribution >= 4 is 0 Å². The van der Waals surface area contributed by atoms with E-state index in [2.05, 4.69) is 0 Å². The molecule has 15 heavy (non-hydrogen) atoms. The quantitative estimate of drug-likeness (QED) is 0.837. The highest BCUT2D eigenvalue weighted by molar-refractivity contribution is 5.38. The largest absolute Gasteiger partial charge is 0.493 e. The molecule has 2 nitrogen and oxygen atoms in total. The van der Waals surface area contributed by atoms with Crippen molar-refractivity contribution in [2.45, 2.75) is 19.3 Å². The van der Waals surface area contributed by atoms with Gasteiger partial charge >= 0.3 is 0 Å². The molecule has 0 bridgehead atoms. The molecule has 0 aromatic heterocycles. The first-order valence-electron chi connectivity index (χ1n) is 4.83. The molecule has 4 heteroatoms. The second-order valence-corrected chi connectivity index (χ2v) is 3.46. The topological polar surface area (TPSA) is 35.2 Å². The van der Waals surface area contributed by atoms with Gasteiger partial charge in [0, 0.05) is 5.56 Å². The van der Waals surface area contributed by atoms with E-state index in [1.54, 1.807) is 0 Å². The summed E-state index contributed by atoms with van der Waals surface area (Å²) in [5.41, 5.74) is 6.07. The predicted molar refractivity (Wildman–Crippen MR) is 55.0 cm³/mol. The molecule has 84 valence electrons. The Kier molecular flexibility index (Phi) is 4.03. The van der Waals surface area contributed by atoms with E-state index >= 15 is 0 Å². The summed E-state index contributed by atoms with van der Waals surface area (Å²) in [5, 5.41) is 0. The van der Waals surface area contributed by atoms with Gasteiger partial charge in [0.15, 0.2) is 11.6 Å². The van der Waals surface area contributed by atoms with Gasteiger partial charge in [-0.25, -0.2) is 4.39 Å². The molecule has 0 amide bonds. The van der Waals surface area contributed by atoms with Crippen molar-refractivity contribution in [2.75, 3.05) is 13.7 Å². The van der Waals surface area contributed by atoms with Gasteiger partial charge in [0.1, 0.15) is 0 Å². The molecular weight excluding hydrogens is 200 g/mol. The molecule has 0 saturated heterocycles. The summed E-state index contributed by atoms with van der Waals surface area (Å²) >= 11 is 0. The van der Waals surface area contributed by atoms with E-state index < -0.39 is 11.6 Å². The van der Waals surface area contributed by atoms with E-state index in [9.17, 15) is 8.78 Å². The molecule has 0 heterocycles. The Morgan fingerprint density at radius 1 is 1.40 bits per heavy atom. The average Bonchev–Trinajstić information content (AvgIpc) is 2.22. The average molecular weight is 215 g/mol. The van der Waals surface area contributed by atoms with Crippen molar-refractivity contribution < 1.29 is 13.5 Å². The Balaban J connectivity index is 3.12. The number of rotatable bonds is 4. The summed E-state index contributed by atoms with van der Waals surface area (Å²) in [4.78, 5) is 0. The molecule has 1 rings (SSSR count). The summed E-state index contributed by atoms with van der Waals surface area (Å²) in [6, 6.07) is 2.65. The van der Waals surface area contributed by atoms with Crippen LogP contribution in [0.3, 0.4) is 0 Å². The fraction of sp³-hybridized carbons (Fsp3) is 0.455. The minimum absolute atomic E-state index is 0.0176. The minimum atomic E-state index is -0.932. The Morgan fingerprint density at radius 3 is 2.60 bits per heavy atom. The van der Waals surface area contributed by atoms with Gasteiger partial charge in [-0.1, -0.05) is 13.0 Å². The van der Waals surface area contributed by atoms with Gasteiger partial charge in [0.25, 0.3) is 0 Å². The Bertz CT molecular complexity index is 342. The molecular formula is C11H15F2NO. The predicted octanol–water partition coefficient (Wildman–Crippen LogP) is 2.43. The molecule has 0 aliphatic rings. The zero-order valence-electron chi connectivity index (χ0n) is 8.89. The smallest absolute Gasteiger partial charge is 0.200 e. The maximum absolute atomic E-state index is 13.3. The molecule has 1 aromatic rings. The number of ether oxygens (including phenoxy) is 1. The highest BCUT2D eigenvalue weighted by Gasteiger charge is 2.17. The van der Waals surface area contributed by atoms with Crippen LogP contribution in [0, 0.1) is 11.6 Å². The first kappa shape index (κ1) is 11.9. The lowest BCUT2D eigenvalue weighted by Gasteiger charge is -2.15. The summed E-state index contributed by atoms with van der Waals surface area (Å²) in [7, 11) is 1.33. The third kappa shape index (κ3) is 2.45. The van der Waals surface area contributed by atoms with Crippen LogP contribution in [-0.2, 0) is 0 Å². The van der Waals surface area contributed by atoms with Gasteiger partial charge in [-0.3, -0.25) is 0 Å². The van der Waals surface area contributed by atoms with Gasteiger partial charge in [-0.05, 0) is 24.9 Å². The van der Waals surface area contributed by atoms with Crippen LogP contribution in [0.2, 0.25) is 0 Å². The van der Waals surface area contributed by atoms with E-state index in [4.69, 9.17) is 10.5 Å². The Morgan fingerprint density at radius 2 is 2.07 bits per heavy atom. The minimum Gasteiger partial charge on any atom is -0.493 e. The molecule has 0 spiro atoms. The monoisotopic (exact) mass is 215 g/mol. The Hall–Kier alpha value is -1.16. The maximum Gasteiger partial charge on any atom is 0.200 e. The molecule has 1 atom stereocenters. The Labute approximate surface area is 88.0 Å². The van der Waals surface area contributed by atoms with Gasteiger partial charge < -0.3 is 10.5 Å². The van der Waals surface area contributed by atoms with E-state index in [0.717, 1.165) is 6.07 Å². The van der Waals surface area contributed by atoms with Crippen LogP contribution in [0.4, 0.5) is 8.78 Å². The van der Waals surface area contributed by atoms with Crippen LogP contribution >= 0.6 is 0 Å². The third-order valence-electron chi connectivity index (χ3n) is 2.42. The van der Waals surface area contributed by atoms with Crippen LogP contribution in [0.15, 0.2) is 12.1 Å². The second-order valence-electron chi connectivity index (χ2n) is 3.46. The van der Waals surface area contributed by atoms with Crippen LogP contribution in [0.25, 0.3) is 0 Å². The van der Waals surface area contributed by atoms with Gasteiger partial charge in [-0.2, -0.15) is 4.39 Å². The van der Waals surface area contributed by atoms with Crippen LogP contribution < -0.4 is 10.5 Å². The SMILES string of the molecule is COc1c(C(C)CCN)ccc(F)c1F. The van der Waals surface area contributed by atoms with Crippen LogP contribution in [0.5, 0.6) is 5.75 Å². The van der Waals surface area contributed by atoms with Crippen molar-refractivity contribution in [1.29, 1.82) is 0 Å². The number of methoxy groups -OCH3 is 1. The standard InChI is InChI=1S/C11H15F2NO/c1-7(5-6-14)8-3-4-9(12)10(13)11(8)15-2/h3-4,7H,5-6,14H2,1-2H3. The fourth-order valence-corrected chi connectivity index (χ4v) is 1.55. The summed E-state index contributed by atoms with van der Waals surface area (Å²) < 4.78 is 31.1. The van der Waals surface area contributed by atoms with Crippen molar-refractivity contribution in [2.24, 2.45) is 5.73 Å². The first-order chi connectivity index (χ1) is 7.11. The van der Waals surface area contributed by atoms with Gasteiger partial charge in [0.2, 0.25) is 5.82 Å². The number of nitrogens with two attached hydrogens (primary N) is 1. The first-order valence-corrected chi connectivity index (χ1v) is 4.83.